The van der Waals surface area contributed by atoms with Gasteiger partial charge in [-0.25, -0.2) is 8.42 Å². The Hall–Kier alpha value is -1.41. The molecule has 1 fully saturated rings. The third kappa shape index (κ3) is 4.65. The molecular formula is C18H21ClN2O3S2. The first-order valence-electron chi connectivity index (χ1n) is 8.52. The Bertz CT molecular complexity index is 836. The largest absolute Gasteiger partial charge is 0.355 e. The quantitative estimate of drug-likeness (QED) is 0.792. The van der Waals surface area contributed by atoms with Gasteiger partial charge in [0.05, 0.1) is 10.8 Å². The van der Waals surface area contributed by atoms with Crippen LogP contribution in [0.2, 0.25) is 5.02 Å². The van der Waals surface area contributed by atoms with Crippen molar-refractivity contribution < 1.29 is 13.2 Å². The highest BCUT2D eigenvalue weighted by Crippen LogP contribution is 2.24. The summed E-state index contributed by atoms with van der Waals surface area (Å²) in [6.45, 7) is 1.22. The molecule has 0 bridgehead atoms. The van der Waals surface area contributed by atoms with Gasteiger partial charge in [-0.3, -0.25) is 4.79 Å². The minimum absolute atomic E-state index is 0.0717. The Morgan fingerprint density at radius 1 is 1.27 bits per heavy atom. The highest BCUT2D eigenvalue weighted by atomic mass is 35.5. The standard InChI is InChI=1S/C18H21ClN2O3S2/c19-15-5-7-17(8-6-15)26(23,24)21-11-1-3-14(13-21)18(22)20-10-9-16-4-2-12-25-16/h2,4-8,12,14H,1,3,9-11,13H2,(H,20,22)/t14-/m0/s1. The van der Waals surface area contributed by atoms with Crippen LogP contribution >= 0.6 is 22.9 Å². The van der Waals surface area contributed by atoms with Crippen molar-refractivity contribution >= 4 is 38.9 Å². The molecule has 1 aromatic carbocycles. The summed E-state index contributed by atoms with van der Waals surface area (Å²) >= 11 is 7.50. The zero-order chi connectivity index (χ0) is 18.6. The molecule has 3 rings (SSSR count). The maximum atomic E-state index is 12.8. The molecule has 1 atom stereocenters. The zero-order valence-electron chi connectivity index (χ0n) is 14.2. The minimum atomic E-state index is -3.60. The van der Waals surface area contributed by atoms with Gasteiger partial charge in [0.15, 0.2) is 0 Å². The summed E-state index contributed by atoms with van der Waals surface area (Å²) < 4.78 is 27.0. The number of nitrogens with one attached hydrogen (secondary N) is 1. The second-order valence-electron chi connectivity index (χ2n) is 6.28. The van der Waals surface area contributed by atoms with Gasteiger partial charge in [0.25, 0.3) is 0 Å². The van der Waals surface area contributed by atoms with Crippen LogP contribution in [0.5, 0.6) is 0 Å². The number of carbonyl (C=O) groups is 1. The van der Waals surface area contributed by atoms with Gasteiger partial charge < -0.3 is 5.32 Å². The van der Waals surface area contributed by atoms with Crippen molar-refractivity contribution in [1.82, 2.24) is 9.62 Å². The van der Waals surface area contributed by atoms with Gasteiger partial charge in [0, 0.05) is 29.5 Å². The van der Waals surface area contributed by atoms with E-state index < -0.39 is 10.0 Å². The van der Waals surface area contributed by atoms with Crippen molar-refractivity contribution in [3.63, 3.8) is 0 Å². The Morgan fingerprint density at radius 2 is 2.04 bits per heavy atom. The van der Waals surface area contributed by atoms with E-state index in [0.29, 0.717) is 31.0 Å². The second kappa shape index (κ2) is 8.52. The van der Waals surface area contributed by atoms with Gasteiger partial charge in [0.1, 0.15) is 0 Å². The number of hydrogen-bond acceptors (Lipinski definition) is 4. The fourth-order valence-electron chi connectivity index (χ4n) is 3.04. The Labute approximate surface area is 163 Å². The van der Waals surface area contributed by atoms with Gasteiger partial charge in [-0.1, -0.05) is 17.7 Å². The molecule has 140 valence electrons. The molecule has 5 nitrogen and oxygen atoms in total. The van der Waals surface area contributed by atoms with Crippen LogP contribution in [0.15, 0.2) is 46.7 Å². The predicted molar refractivity (Wildman–Crippen MR) is 104 cm³/mol. The highest BCUT2D eigenvalue weighted by Gasteiger charge is 2.33. The minimum Gasteiger partial charge on any atom is -0.355 e. The number of piperidine rings is 1. The first-order chi connectivity index (χ1) is 12.5. The fourth-order valence-corrected chi connectivity index (χ4v) is 5.40. The number of halogens is 1. The number of rotatable bonds is 6. The lowest BCUT2D eigenvalue weighted by molar-refractivity contribution is -0.126. The summed E-state index contributed by atoms with van der Waals surface area (Å²) in [7, 11) is -3.60. The molecule has 1 saturated heterocycles. The van der Waals surface area contributed by atoms with E-state index in [4.69, 9.17) is 11.6 Å². The van der Waals surface area contributed by atoms with E-state index >= 15 is 0 Å². The maximum absolute atomic E-state index is 12.8. The summed E-state index contributed by atoms with van der Waals surface area (Å²) in [4.78, 5) is 13.9. The molecule has 8 heteroatoms. The molecule has 26 heavy (non-hydrogen) atoms. The molecule has 1 amide bonds. The van der Waals surface area contributed by atoms with Crippen molar-refractivity contribution in [2.24, 2.45) is 5.92 Å². The molecule has 1 N–H and O–H groups in total. The Morgan fingerprint density at radius 3 is 2.73 bits per heavy atom. The Kier molecular flexibility index (Phi) is 6.34. The molecule has 0 aliphatic carbocycles. The molecule has 2 aromatic rings. The normalized spacial score (nSPS) is 18.6. The van der Waals surface area contributed by atoms with Gasteiger partial charge in [-0.05, 0) is 55.0 Å². The van der Waals surface area contributed by atoms with E-state index in [1.807, 2.05) is 17.5 Å². The summed E-state index contributed by atoms with van der Waals surface area (Å²) in [5.41, 5.74) is 0. The number of nitrogens with zero attached hydrogens (tertiary/aromatic N) is 1. The average molecular weight is 413 g/mol. The van der Waals surface area contributed by atoms with Crippen molar-refractivity contribution in [2.75, 3.05) is 19.6 Å². The number of sulfonamides is 1. The van der Waals surface area contributed by atoms with E-state index in [2.05, 4.69) is 5.32 Å². The monoisotopic (exact) mass is 412 g/mol. The number of hydrogen-bond donors (Lipinski definition) is 1. The predicted octanol–water partition coefficient (Wildman–Crippen LogP) is 3.16. The number of amides is 1. The van der Waals surface area contributed by atoms with Crippen LogP contribution in [-0.2, 0) is 21.2 Å². The fraction of sp³-hybridized carbons (Fsp3) is 0.389. The van der Waals surface area contributed by atoms with Crippen LogP contribution in [0.25, 0.3) is 0 Å². The lowest BCUT2D eigenvalue weighted by Gasteiger charge is -2.31. The van der Waals surface area contributed by atoms with Gasteiger partial charge in [-0.2, -0.15) is 4.31 Å². The molecule has 1 aliphatic rings. The first kappa shape index (κ1) is 19.4. The Balaban J connectivity index is 1.59. The van der Waals surface area contributed by atoms with E-state index in [1.54, 1.807) is 23.5 Å². The van der Waals surface area contributed by atoms with E-state index in [1.165, 1.54) is 21.3 Å². The molecule has 0 radical (unpaired) electrons. The SMILES string of the molecule is O=C(NCCc1cccs1)[C@H]1CCCN(S(=O)(=O)c2ccc(Cl)cc2)C1. The smallest absolute Gasteiger partial charge is 0.243 e. The number of benzene rings is 1. The summed E-state index contributed by atoms with van der Waals surface area (Å²) in [6.07, 6.45) is 2.18. The van der Waals surface area contributed by atoms with Crippen LogP contribution in [-0.4, -0.2) is 38.3 Å². The van der Waals surface area contributed by atoms with Gasteiger partial charge >= 0.3 is 0 Å². The lowest BCUT2D eigenvalue weighted by Crippen LogP contribution is -2.45. The molecule has 1 aliphatic heterocycles. The van der Waals surface area contributed by atoms with Crippen molar-refractivity contribution in [3.8, 4) is 0 Å². The van der Waals surface area contributed by atoms with Gasteiger partial charge in [-0.15, -0.1) is 11.3 Å². The average Bonchev–Trinajstić information content (AvgIpc) is 3.15. The van der Waals surface area contributed by atoms with Crippen LogP contribution in [0.1, 0.15) is 17.7 Å². The van der Waals surface area contributed by atoms with E-state index in [0.717, 1.165) is 6.42 Å². The third-order valence-corrected chi connectivity index (χ3v) is 7.52. The third-order valence-electron chi connectivity index (χ3n) is 4.46. The van der Waals surface area contributed by atoms with Crippen molar-refractivity contribution in [2.45, 2.75) is 24.2 Å². The first-order valence-corrected chi connectivity index (χ1v) is 11.2. The summed E-state index contributed by atoms with van der Waals surface area (Å²) in [5, 5.41) is 5.44. The molecule has 0 spiro atoms. The van der Waals surface area contributed by atoms with Crippen molar-refractivity contribution in [3.05, 3.63) is 51.7 Å². The number of thiophene rings is 1. The molecule has 2 heterocycles. The van der Waals surface area contributed by atoms with Crippen LogP contribution < -0.4 is 5.32 Å². The zero-order valence-corrected chi connectivity index (χ0v) is 16.6. The van der Waals surface area contributed by atoms with Gasteiger partial charge in [0.2, 0.25) is 15.9 Å². The van der Waals surface area contributed by atoms with E-state index in [9.17, 15) is 13.2 Å². The van der Waals surface area contributed by atoms with E-state index in [-0.39, 0.29) is 23.3 Å². The molecule has 1 aromatic heterocycles. The summed E-state index contributed by atoms with van der Waals surface area (Å²) in [5.74, 6) is -0.383. The molecule has 0 saturated carbocycles. The molecular weight excluding hydrogens is 392 g/mol. The summed E-state index contributed by atoms with van der Waals surface area (Å²) in [6, 6.07) is 10.2. The van der Waals surface area contributed by atoms with Crippen LogP contribution in [0.4, 0.5) is 0 Å². The number of carbonyl (C=O) groups excluding carboxylic acids is 1. The highest BCUT2D eigenvalue weighted by molar-refractivity contribution is 7.89. The maximum Gasteiger partial charge on any atom is 0.243 e. The second-order valence-corrected chi connectivity index (χ2v) is 9.68. The lowest BCUT2D eigenvalue weighted by atomic mass is 9.99. The topological polar surface area (TPSA) is 66.5 Å². The van der Waals surface area contributed by atoms with Crippen LogP contribution in [0, 0.1) is 5.92 Å². The van der Waals surface area contributed by atoms with Crippen molar-refractivity contribution in [1.29, 1.82) is 0 Å². The molecule has 0 unspecified atom stereocenters. The van der Waals surface area contributed by atoms with Crippen LogP contribution in [0.3, 0.4) is 0 Å².